The molecule has 1 aromatic carbocycles. The highest BCUT2D eigenvalue weighted by molar-refractivity contribution is 6.30. The first-order valence-corrected chi connectivity index (χ1v) is 5.83. The van der Waals surface area contributed by atoms with Crippen LogP contribution in [0.5, 0.6) is 0 Å². The maximum Gasteiger partial charge on any atom is 0.226 e. The molecule has 4 nitrogen and oxygen atoms in total. The second-order valence-corrected chi connectivity index (χ2v) is 4.39. The normalized spacial score (nSPS) is 12.1. The third-order valence-electron chi connectivity index (χ3n) is 2.68. The largest absolute Gasteiger partial charge is 0.369 e. The molecule has 92 valence electrons. The fraction of sp³-hybridized carbons (Fsp3) is 0.154. The van der Waals surface area contributed by atoms with Crippen molar-refractivity contribution in [2.24, 2.45) is 5.73 Å². The summed E-state index contributed by atoms with van der Waals surface area (Å²) >= 11 is 5.81. The molecule has 2 N–H and O–H groups in total. The van der Waals surface area contributed by atoms with Gasteiger partial charge < -0.3 is 5.73 Å². The van der Waals surface area contributed by atoms with Gasteiger partial charge in [0.15, 0.2) is 0 Å². The van der Waals surface area contributed by atoms with Gasteiger partial charge in [0.05, 0.1) is 23.5 Å². The number of carbonyl (C=O) groups excluding carboxylic acids is 1. The molecule has 0 fully saturated rings. The lowest BCUT2D eigenvalue weighted by atomic mass is 10.1. The van der Waals surface area contributed by atoms with Gasteiger partial charge in [0.2, 0.25) is 5.91 Å². The van der Waals surface area contributed by atoms with E-state index in [1.165, 1.54) is 0 Å². The first kappa shape index (κ1) is 12.5. The van der Waals surface area contributed by atoms with Gasteiger partial charge in [-0.1, -0.05) is 23.7 Å². The van der Waals surface area contributed by atoms with Gasteiger partial charge in [-0.15, -0.1) is 0 Å². The van der Waals surface area contributed by atoms with E-state index in [0.717, 1.165) is 11.3 Å². The van der Waals surface area contributed by atoms with E-state index in [1.807, 2.05) is 12.1 Å². The Morgan fingerprint density at radius 3 is 2.39 bits per heavy atom. The standard InChI is InChI=1S/C13H12ClN3O/c1-8(13(15)18)11-6-17-12(7-16-11)9-2-4-10(14)5-3-9/h2-8H,1H3,(H2,15,18). The average molecular weight is 262 g/mol. The van der Waals surface area contributed by atoms with Gasteiger partial charge in [-0.2, -0.15) is 0 Å². The topological polar surface area (TPSA) is 68.9 Å². The van der Waals surface area contributed by atoms with Gasteiger partial charge >= 0.3 is 0 Å². The number of amides is 1. The third kappa shape index (κ3) is 2.65. The molecular formula is C13H12ClN3O. The first-order chi connectivity index (χ1) is 8.58. The second kappa shape index (κ2) is 5.14. The maximum absolute atomic E-state index is 11.0. The van der Waals surface area contributed by atoms with E-state index in [0.29, 0.717) is 10.7 Å². The Morgan fingerprint density at radius 1 is 1.22 bits per heavy atom. The van der Waals surface area contributed by atoms with Crippen LogP contribution >= 0.6 is 11.6 Å². The molecule has 2 aromatic rings. The number of hydrogen-bond donors (Lipinski definition) is 1. The fourth-order valence-corrected chi connectivity index (χ4v) is 1.60. The quantitative estimate of drug-likeness (QED) is 0.922. The van der Waals surface area contributed by atoms with E-state index < -0.39 is 11.8 Å². The molecule has 1 aromatic heterocycles. The third-order valence-corrected chi connectivity index (χ3v) is 2.93. The van der Waals surface area contributed by atoms with Crippen LogP contribution in [0, 0.1) is 0 Å². The minimum Gasteiger partial charge on any atom is -0.369 e. The second-order valence-electron chi connectivity index (χ2n) is 3.96. The van der Waals surface area contributed by atoms with E-state index in [1.54, 1.807) is 31.5 Å². The van der Waals surface area contributed by atoms with Crippen molar-refractivity contribution in [1.82, 2.24) is 9.97 Å². The molecule has 2 rings (SSSR count). The minimum absolute atomic E-state index is 0.413. The lowest BCUT2D eigenvalue weighted by Crippen LogP contribution is -2.19. The molecule has 0 bridgehead atoms. The van der Waals surface area contributed by atoms with Crippen molar-refractivity contribution in [2.45, 2.75) is 12.8 Å². The molecule has 1 atom stereocenters. The minimum atomic E-state index is -0.434. The highest BCUT2D eigenvalue weighted by atomic mass is 35.5. The van der Waals surface area contributed by atoms with E-state index in [4.69, 9.17) is 17.3 Å². The summed E-state index contributed by atoms with van der Waals surface area (Å²) in [7, 11) is 0. The van der Waals surface area contributed by atoms with E-state index in [-0.39, 0.29) is 0 Å². The SMILES string of the molecule is CC(C(N)=O)c1cnc(-c2ccc(Cl)cc2)cn1. The predicted molar refractivity (Wildman–Crippen MR) is 70.1 cm³/mol. The van der Waals surface area contributed by atoms with Crippen LogP contribution in [-0.2, 0) is 4.79 Å². The number of nitrogens with zero attached hydrogens (tertiary/aromatic N) is 2. The molecule has 18 heavy (non-hydrogen) atoms. The monoisotopic (exact) mass is 261 g/mol. The lowest BCUT2D eigenvalue weighted by Gasteiger charge is -2.07. The Morgan fingerprint density at radius 2 is 1.89 bits per heavy atom. The van der Waals surface area contributed by atoms with Gasteiger partial charge in [-0.05, 0) is 19.1 Å². The van der Waals surface area contributed by atoms with E-state index >= 15 is 0 Å². The molecule has 1 amide bonds. The zero-order valence-electron chi connectivity index (χ0n) is 9.80. The van der Waals surface area contributed by atoms with Crippen LogP contribution in [-0.4, -0.2) is 15.9 Å². The van der Waals surface area contributed by atoms with Crippen molar-refractivity contribution in [3.05, 3.63) is 47.4 Å². The number of nitrogens with two attached hydrogens (primary N) is 1. The number of aromatic nitrogens is 2. The van der Waals surface area contributed by atoms with Crippen LogP contribution in [0.15, 0.2) is 36.7 Å². The number of benzene rings is 1. The van der Waals surface area contributed by atoms with Gasteiger partial charge in [-0.3, -0.25) is 14.8 Å². The summed E-state index contributed by atoms with van der Waals surface area (Å²) in [6.45, 7) is 1.70. The summed E-state index contributed by atoms with van der Waals surface area (Å²) in [5.41, 5.74) is 7.43. The van der Waals surface area contributed by atoms with E-state index in [9.17, 15) is 4.79 Å². The Bertz CT molecular complexity index is 551. The average Bonchev–Trinajstić information content (AvgIpc) is 2.39. The Kier molecular flexibility index (Phi) is 3.58. The van der Waals surface area contributed by atoms with Gasteiger partial charge in [0.1, 0.15) is 0 Å². The molecule has 0 spiro atoms. The number of halogens is 1. The Balaban J connectivity index is 2.27. The molecule has 0 radical (unpaired) electrons. The molecule has 1 unspecified atom stereocenters. The van der Waals surface area contributed by atoms with Crippen LogP contribution in [0.1, 0.15) is 18.5 Å². The van der Waals surface area contributed by atoms with Crippen LogP contribution in [0.2, 0.25) is 5.02 Å². The molecule has 0 aliphatic carbocycles. The summed E-state index contributed by atoms with van der Waals surface area (Å²) in [6.07, 6.45) is 3.19. The van der Waals surface area contributed by atoms with Crippen LogP contribution in [0.3, 0.4) is 0 Å². The van der Waals surface area contributed by atoms with Gasteiger partial charge in [0, 0.05) is 16.8 Å². The fourth-order valence-electron chi connectivity index (χ4n) is 1.48. The van der Waals surface area contributed by atoms with Crippen LogP contribution in [0.25, 0.3) is 11.3 Å². The predicted octanol–water partition coefficient (Wildman–Crippen LogP) is 2.39. The Labute approximate surface area is 110 Å². The summed E-state index contributed by atoms with van der Waals surface area (Å²) in [5.74, 6) is -0.847. The number of rotatable bonds is 3. The molecule has 0 aliphatic heterocycles. The molecule has 5 heteroatoms. The van der Waals surface area contributed by atoms with Crippen LogP contribution < -0.4 is 5.73 Å². The molecule has 0 saturated heterocycles. The van der Waals surface area contributed by atoms with Crippen molar-refractivity contribution in [3.8, 4) is 11.3 Å². The molecule has 0 aliphatic rings. The summed E-state index contributed by atoms with van der Waals surface area (Å²) in [4.78, 5) is 19.5. The van der Waals surface area contributed by atoms with Crippen molar-refractivity contribution in [2.75, 3.05) is 0 Å². The maximum atomic E-state index is 11.0. The molecule has 0 saturated carbocycles. The van der Waals surface area contributed by atoms with E-state index in [2.05, 4.69) is 9.97 Å². The van der Waals surface area contributed by atoms with Crippen molar-refractivity contribution >= 4 is 17.5 Å². The highest BCUT2D eigenvalue weighted by Gasteiger charge is 2.13. The number of primary amides is 1. The van der Waals surface area contributed by atoms with Crippen LogP contribution in [0.4, 0.5) is 0 Å². The number of carbonyl (C=O) groups is 1. The summed E-state index contributed by atoms with van der Waals surface area (Å²) in [6, 6.07) is 7.31. The zero-order valence-corrected chi connectivity index (χ0v) is 10.6. The summed E-state index contributed by atoms with van der Waals surface area (Å²) < 4.78 is 0. The zero-order chi connectivity index (χ0) is 13.1. The lowest BCUT2D eigenvalue weighted by molar-refractivity contribution is -0.119. The molecular weight excluding hydrogens is 250 g/mol. The Hall–Kier alpha value is -1.94. The van der Waals surface area contributed by atoms with Crippen molar-refractivity contribution in [3.63, 3.8) is 0 Å². The summed E-state index contributed by atoms with van der Waals surface area (Å²) in [5, 5.41) is 0.672. The van der Waals surface area contributed by atoms with Crippen molar-refractivity contribution < 1.29 is 4.79 Å². The van der Waals surface area contributed by atoms with Crippen molar-refractivity contribution in [1.29, 1.82) is 0 Å². The van der Waals surface area contributed by atoms with Gasteiger partial charge in [0.25, 0.3) is 0 Å². The van der Waals surface area contributed by atoms with Gasteiger partial charge in [-0.25, -0.2) is 0 Å². The highest BCUT2D eigenvalue weighted by Crippen LogP contribution is 2.20. The molecule has 1 heterocycles. The number of hydrogen-bond acceptors (Lipinski definition) is 3. The smallest absolute Gasteiger partial charge is 0.226 e. The first-order valence-electron chi connectivity index (χ1n) is 5.45.